The second-order valence-electron chi connectivity index (χ2n) is 3.91. The molecule has 5 heteroatoms. The van der Waals surface area contributed by atoms with Crippen molar-refractivity contribution in [2.45, 2.75) is 52.4 Å². The fourth-order valence-corrected chi connectivity index (χ4v) is 1.63. The lowest BCUT2D eigenvalue weighted by Gasteiger charge is -2.08. The van der Waals surface area contributed by atoms with Crippen LogP contribution in [0.3, 0.4) is 0 Å². The van der Waals surface area contributed by atoms with Gasteiger partial charge in [-0.15, -0.1) is 10.2 Å². The van der Waals surface area contributed by atoms with Gasteiger partial charge in [0.25, 0.3) is 0 Å². The van der Waals surface area contributed by atoms with Crippen molar-refractivity contribution in [2.75, 3.05) is 6.61 Å². The van der Waals surface area contributed by atoms with Gasteiger partial charge in [0.2, 0.25) is 5.89 Å². The summed E-state index contributed by atoms with van der Waals surface area (Å²) in [5, 5.41) is 7.65. The average Bonchev–Trinajstić information content (AvgIpc) is 2.80. The van der Waals surface area contributed by atoms with Crippen LogP contribution in [-0.2, 0) is 4.74 Å². The molecule has 0 spiro atoms. The molecule has 0 N–H and O–H groups in total. The van der Waals surface area contributed by atoms with Crippen molar-refractivity contribution in [3.8, 4) is 0 Å². The van der Waals surface area contributed by atoms with E-state index < -0.39 is 5.97 Å². The zero-order valence-electron chi connectivity index (χ0n) is 10.7. The highest BCUT2D eigenvalue weighted by Crippen LogP contribution is 2.24. The number of ether oxygens (including phenoxy) is 1. The number of esters is 1. The molecular formula is C12H20N2O3. The Hall–Kier alpha value is -1.39. The first kappa shape index (κ1) is 13.7. The number of unbranched alkanes of at least 4 members (excludes halogenated alkanes) is 1. The molecule has 0 saturated heterocycles. The third-order valence-corrected chi connectivity index (χ3v) is 2.64. The summed E-state index contributed by atoms with van der Waals surface area (Å²) in [7, 11) is 0. The maximum absolute atomic E-state index is 11.4. The van der Waals surface area contributed by atoms with Gasteiger partial charge in [0.1, 0.15) is 0 Å². The molecule has 0 fully saturated rings. The molecule has 0 radical (unpaired) electrons. The van der Waals surface area contributed by atoms with E-state index in [0.717, 1.165) is 25.7 Å². The van der Waals surface area contributed by atoms with Gasteiger partial charge in [0.15, 0.2) is 0 Å². The van der Waals surface area contributed by atoms with Crippen molar-refractivity contribution in [2.24, 2.45) is 0 Å². The van der Waals surface area contributed by atoms with Gasteiger partial charge in [-0.05, 0) is 19.8 Å². The Balaban J connectivity index is 2.67. The summed E-state index contributed by atoms with van der Waals surface area (Å²) in [6.45, 7) is 6.27. The van der Waals surface area contributed by atoms with Crippen LogP contribution in [0.25, 0.3) is 0 Å². The smallest absolute Gasteiger partial charge is 0.396 e. The second kappa shape index (κ2) is 7.04. The van der Waals surface area contributed by atoms with Crippen molar-refractivity contribution >= 4 is 5.97 Å². The van der Waals surface area contributed by atoms with E-state index in [1.807, 2.05) is 0 Å². The zero-order valence-corrected chi connectivity index (χ0v) is 10.7. The molecule has 0 amide bonds. The number of nitrogens with zero attached hydrogens (tertiary/aromatic N) is 2. The van der Waals surface area contributed by atoms with Gasteiger partial charge in [0, 0.05) is 5.92 Å². The van der Waals surface area contributed by atoms with Crippen LogP contribution in [0, 0.1) is 0 Å². The third kappa shape index (κ3) is 3.84. The van der Waals surface area contributed by atoms with E-state index in [1.165, 1.54) is 0 Å². The Morgan fingerprint density at radius 3 is 2.71 bits per heavy atom. The molecule has 1 atom stereocenters. The monoisotopic (exact) mass is 240 g/mol. The number of hydrogen-bond acceptors (Lipinski definition) is 5. The predicted molar refractivity (Wildman–Crippen MR) is 62.8 cm³/mol. The molecule has 1 rings (SSSR count). The fraction of sp³-hybridized carbons (Fsp3) is 0.750. The number of aromatic nitrogens is 2. The molecule has 1 heterocycles. The Morgan fingerprint density at radius 1 is 1.35 bits per heavy atom. The van der Waals surface area contributed by atoms with Gasteiger partial charge in [-0.1, -0.05) is 26.7 Å². The highest BCUT2D eigenvalue weighted by Gasteiger charge is 2.20. The molecule has 17 heavy (non-hydrogen) atoms. The van der Waals surface area contributed by atoms with Gasteiger partial charge in [-0.3, -0.25) is 0 Å². The molecule has 1 aromatic heterocycles. The van der Waals surface area contributed by atoms with E-state index in [4.69, 9.17) is 9.15 Å². The van der Waals surface area contributed by atoms with Crippen LogP contribution in [0.2, 0.25) is 0 Å². The highest BCUT2D eigenvalue weighted by atomic mass is 16.5. The fourth-order valence-electron chi connectivity index (χ4n) is 1.63. The van der Waals surface area contributed by atoms with Crippen molar-refractivity contribution in [3.63, 3.8) is 0 Å². The maximum atomic E-state index is 11.4. The lowest BCUT2D eigenvalue weighted by atomic mass is 10.00. The average molecular weight is 240 g/mol. The van der Waals surface area contributed by atoms with Crippen LogP contribution < -0.4 is 0 Å². The first-order valence-corrected chi connectivity index (χ1v) is 6.23. The molecule has 0 aromatic carbocycles. The lowest BCUT2D eigenvalue weighted by Crippen LogP contribution is -2.04. The van der Waals surface area contributed by atoms with E-state index in [1.54, 1.807) is 6.92 Å². The first-order chi connectivity index (χ1) is 8.22. The number of rotatable bonds is 7. The van der Waals surface area contributed by atoms with Crippen LogP contribution in [0.1, 0.15) is 68.9 Å². The summed E-state index contributed by atoms with van der Waals surface area (Å²) in [5.74, 6) is 0.197. The zero-order chi connectivity index (χ0) is 12.7. The van der Waals surface area contributed by atoms with Crippen molar-refractivity contribution in [1.82, 2.24) is 10.2 Å². The van der Waals surface area contributed by atoms with Crippen molar-refractivity contribution in [3.05, 3.63) is 11.8 Å². The SMILES string of the molecule is CCCCC(CC)c1nnc(C(=O)OCC)o1. The number of carbonyl (C=O) groups is 1. The number of hydrogen-bond donors (Lipinski definition) is 0. The quantitative estimate of drug-likeness (QED) is 0.685. The van der Waals surface area contributed by atoms with Crippen LogP contribution in [0.5, 0.6) is 0 Å². The topological polar surface area (TPSA) is 65.2 Å². The maximum Gasteiger partial charge on any atom is 0.396 e. The van der Waals surface area contributed by atoms with Crippen LogP contribution in [0.15, 0.2) is 4.42 Å². The molecule has 0 saturated carbocycles. The molecule has 5 nitrogen and oxygen atoms in total. The summed E-state index contributed by atoms with van der Waals surface area (Å²) < 4.78 is 10.2. The molecule has 0 aliphatic rings. The summed E-state index contributed by atoms with van der Waals surface area (Å²) in [6, 6.07) is 0. The van der Waals surface area contributed by atoms with E-state index in [2.05, 4.69) is 24.0 Å². The predicted octanol–water partition coefficient (Wildman–Crippen LogP) is 2.93. The summed E-state index contributed by atoms with van der Waals surface area (Å²) in [4.78, 5) is 11.4. The van der Waals surface area contributed by atoms with Crippen molar-refractivity contribution < 1.29 is 13.9 Å². The largest absolute Gasteiger partial charge is 0.459 e. The van der Waals surface area contributed by atoms with Crippen LogP contribution in [-0.4, -0.2) is 22.8 Å². The Morgan fingerprint density at radius 2 is 2.12 bits per heavy atom. The molecule has 0 aliphatic heterocycles. The summed E-state index contributed by atoms with van der Waals surface area (Å²) >= 11 is 0. The second-order valence-corrected chi connectivity index (χ2v) is 3.91. The molecule has 0 bridgehead atoms. The Labute approximate surface area is 102 Å². The third-order valence-electron chi connectivity index (χ3n) is 2.64. The van der Waals surface area contributed by atoms with E-state index in [9.17, 15) is 4.79 Å². The van der Waals surface area contributed by atoms with Crippen LogP contribution >= 0.6 is 0 Å². The molecule has 1 unspecified atom stereocenters. The molecule has 1 aromatic rings. The summed E-state index contributed by atoms with van der Waals surface area (Å²) in [5.41, 5.74) is 0. The minimum Gasteiger partial charge on any atom is -0.459 e. The number of carbonyl (C=O) groups excluding carboxylic acids is 1. The van der Waals surface area contributed by atoms with Crippen molar-refractivity contribution in [1.29, 1.82) is 0 Å². The summed E-state index contributed by atoms with van der Waals surface area (Å²) in [6.07, 6.45) is 4.20. The molecule has 96 valence electrons. The van der Waals surface area contributed by atoms with E-state index in [-0.39, 0.29) is 11.8 Å². The lowest BCUT2D eigenvalue weighted by molar-refractivity contribution is 0.0478. The van der Waals surface area contributed by atoms with Gasteiger partial charge >= 0.3 is 11.9 Å². The van der Waals surface area contributed by atoms with Crippen LogP contribution in [0.4, 0.5) is 0 Å². The minimum atomic E-state index is -0.545. The van der Waals surface area contributed by atoms with E-state index in [0.29, 0.717) is 12.5 Å². The Kier molecular flexibility index (Phi) is 5.66. The Bertz CT molecular complexity index is 349. The van der Waals surface area contributed by atoms with Gasteiger partial charge in [0.05, 0.1) is 6.61 Å². The molecule has 0 aliphatic carbocycles. The van der Waals surface area contributed by atoms with Gasteiger partial charge in [-0.2, -0.15) is 0 Å². The first-order valence-electron chi connectivity index (χ1n) is 6.23. The minimum absolute atomic E-state index is 0.0446. The van der Waals surface area contributed by atoms with Gasteiger partial charge in [-0.25, -0.2) is 4.79 Å². The highest BCUT2D eigenvalue weighted by molar-refractivity contribution is 5.83. The van der Waals surface area contributed by atoms with Gasteiger partial charge < -0.3 is 9.15 Å². The van der Waals surface area contributed by atoms with E-state index >= 15 is 0 Å². The normalized spacial score (nSPS) is 12.4. The standard InChI is InChI=1S/C12H20N2O3/c1-4-7-8-9(5-2)10-13-14-11(17-10)12(15)16-6-3/h9H,4-8H2,1-3H3. The molecular weight excluding hydrogens is 220 g/mol.